The third kappa shape index (κ3) is 3.04. The maximum atomic E-state index is 14.4. The predicted molar refractivity (Wildman–Crippen MR) is 84.1 cm³/mol. The summed E-state index contributed by atoms with van der Waals surface area (Å²) >= 11 is 1.63. The van der Waals surface area contributed by atoms with Crippen LogP contribution in [0.5, 0.6) is 11.5 Å². The van der Waals surface area contributed by atoms with Crippen molar-refractivity contribution in [1.29, 1.82) is 0 Å². The van der Waals surface area contributed by atoms with Crippen LogP contribution in [-0.2, 0) is 6.42 Å². The van der Waals surface area contributed by atoms with Gasteiger partial charge in [0.25, 0.3) is 0 Å². The van der Waals surface area contributed by atoms with Crippen LogP contribution in [0.1, 0.15) is 29.0 Å². The summed E-state index contributed by atoms with van der Waals surface area (Å²) in [5.74, 6) is 0.627. The van der Waals surface area contributed by atoms with Gasteiger partial charge in [-0.05, 0) is 36.5 Å². The van der Waals surface area contributed by atoms with Crippen LogP contribution in [0.25, 0.3) is 0 Å². The van der Waals surface area contributed by atoms with E-state index in [2.05, 4.69) is 18.3 Å². The van der Waals surface area contributed by atoms with Gasteiger partial charge in [-0.2, -0.15) is 0 Å². The maximum absolute atomic E-state index is 14.4. The van der Waals surface area contributed by atoms with Crippen molar-refractivity contribution in [1.82, 2.24) is 5.32 Å². The lowest BCUT2D eigenvalue weighted by molar-refractivity contribution is 0.351. The van der Waals surface area contributed by atoms with Gasteiger partial charge in [-0.1, -0.05) is 6.92 Å². The summed E-state index contributed by atoms with van der Waals surface area (Å²) in [5.41, 5.74) is 1.79. The van der Waals surface area contributed by atoms with Gasteiger partial charge in [-0.25, -0.2) is 4.39 Å². The van der Waals surface area contributed by atoms with Crippen molar-refractivity contribution in [3.63, 3.8) is 0 Å². The second-order valence-electron chi connectivity index (χ2n) is 4.61. The Hall–Kier alpha value is -1.59. The number of methoxy groups -OCH3 is 2. The molecule has 0 bridgehead atoms. The average molecular weight is 309 g/mol. The van der Waals surface area contributed by atoms with Gasteiger partial charge in [0.05, 0.1) is 20.3 Å². The van der Waals surface area contributed by atoms with E-state index in [4.69, 9.17) is 9.47 Å². The Morgan fingerprint density at radius 3 is 2.48 bits per heavy atom. The first-order valence-electron chi connectivity index (χ1n) is 6.81. The SMILES string of the molecule is CCc1ccsc1C(NC)c1cc(OC)c(OC)cc1F. The molecule has 1 aromatic heterocycles. The minimum absolute atomic E-state index is 0.195. The lowest BCUT2D eigenvalue weighted by Crippen LogP contribution is -2.19. The van der Waals surface area contributed by atoms with Gasteiger partial charge in [0, 0.05) is 16.5 Å². The highest BCUT2D eigenvalue weighted by molar-refractivity contribution is 7.10. The van der Waals surface area contributed by atoms with Gasteiger partial charge in [0.2, 0.25) is 0 Å². The molecular formula is C16H20FNO2S. The zero-order valence-electron chi connectivity index (χ0n) is 12.7. The van der Waals surface area contributed by atoms with E-state index >= 15 is 0 Å². The van der Waals surface area contributed by atoms with Gasteiger partial charge in [0.15, 0.2) is 11.5 Å². The molecule has 0 aliphatic rings. The summed E-state index contributed by atoms with van der Waals surface area (Å²) in [4.78, 5) is 1.13. The topological polar surface area (TPSA) is 30.5 Å². The van der Waals surface area contributed by atoms with E-state index < -0.39 is 0 Å². The lowest BCUT2D eigenvalue weighted by Gasteiger charge is -2.19. The predicted octanol–water partition coefficient (Wildman–Crippen LogP) is 3.78. The third-order valence-corrected chi connectivity index (χ3v) is 4.55. The van der Waals surface area contributed by atoms with Crippen LogP contribution in [-0.4, -0.2) is 21.3 Å². The number of hydrogen-bond donors (Lipinski definition) is 1. The molecular weight excluding hydrogens is 289 g/mol. The standard InChI is InChI=1S/C16H20FNO2S/c1-5-10-6-7-21-16(10)15(18-2)11-8-13(19-3)14(20-4)9-12(11)17/h6-9,15,18H,5H2,1-4H3. The minimum atomic E-state index is -0.303. The molecule has 2 rings (SSSR count). The number of aryl methyl sites for hydroxylation is 1. The van der Waals surface area contributed by atoms with Crippen LogP contribution in [0, 0.1) is 5.82 Å². The van der Waals surface area contributed by atoms with Gasteiger partial charge < -0.3 is 14.8 Å². The molecule has 114 valence electrons. The smallest absolute Gasteiger partial charge is 0.163 e. The zero-order chi connectivity index (χ0) is 15.4. The van der Waals surface area contributed by atoms with E-state index in [1.165, 1.54) is 18.7 Å². The summed E-state index contributed by atoms with van der Waals surface area (Å²) < 4.78 is 24.9. The highest BCUT2D eigenvalue weighted by Crippen LogP contribution is 2.37. The number of halogens is 1. The van der Waals surface area contributed by atoms with E-state index in [0.717, 1.165) is 11.3 Å². The van der Waals surface area contributed by atoms with Crippen molar-refractivity contribution in [3.05, 3.63) is 45.4 Å². The quantitative estimate of drug-likeness (QED) is 0.881. The fourth-order valence-electron chi connectivity index (χ4n) is 2.41. The molecule has 5 heteroatoms. The number of hydrogen-bond acceptors (Lipinski definition) is 4. The zero-order valence-corrected chi connectivity index (χ0v) is 13.5. The summed E-state index contributed by atoms with van der Waals surface area (Å²) in [7, 11) is 4.89. The molecule has 1 aromatic carbocycles. The molecule has 0 saturated carbocycles. The Labute approximate surface area is 128 Å². The molecule has 0 aliphatic heterocycles. The molecule has 0 spiro atoms. The second-order valence-corrected chi connectivity index (χ2v) is 5.56. The van der Waals surface area contributed by atoms with Gasteiger partial charge >= 0.3 is 0 Å². The summed E-state index contributed by atoms with van der Waals surface area (Å²) in [5, 5.41) is 5.24. The number of ether oxygens (including phenoxy) is 2. The Balaban J connectivity index is 2.52. The van der Waals surface area contributed by atoms with Crippen molar-refractivity contribution >= 4 is 11.3 Å². The molecule has 0 radical (unpaired) electrons. The molecule has 1 N–H and O–H groups in total. The third-order valence-electron chi connectivity index (χ3n) is 3.53. The minimum Gasteiger partial charge on any atom is -0.493 e. The Morgan fingerprint density at radius 2 is 1.90 bits per heavy atom. The number of benzene rings is 1. The lowest BCUT2D eigenvalue weighted by atomic mass is 10.0. The fourth-order valence-corrected chi connectivity index (χ4v) is 3.54. The monoisotopic (exact) mass is 309 g/mol. The Morgan fingerprint density at radius 1 is 1.24 bits per heavy atom. The van der Waals surface area contributed by atoms with E-state index in [1.807, 2.05) is 12.4 Å². The Kier molecular flexibility index (Phi) is 5.20. The molecule has 0 aliphatic carbocycles. The Bertz CT molecular complexity index is 612. The van der Waals surface area contributed by atoms with Gasteiger partial charge in [-0.3, -0.25) is 0 Å². The van der Waals surface area contributed by atoms with Crippen molar-refractivity contribution < 1.29 is 13.9 Å². The molecule has 0 fully saturated rings. The fraction of sp³-hybridized carbons (Fsp3) is 0.375. The number of thiophene rings is 1. The van der Waals surface area contributed by atoms with Crippen LogP contribution in [0.3, 0.4) is 0 Å². The number of rotatable bonds is 6. The summed E-state index contributed by atoms with van der Waals surface area (Å²) in [6.45, 7) is 2.10. The van der Waals surface area contributed by atoms with E-state index in [0.29, 0.717) is 17.1 Å². The van der Waals surface area contributed by atoms with Crippen molar-refractivity contribution in [2.45, 2.75) is 19.4 Å². The van der Waals surface area contributed by atoms with Crippen molar-refractivity contribution in [2.24, 2.45) is 0 Å². The van der Waals surface area contributed by atoms with Gasteiger partial charge in [-0.15, -0.1) is 11.3 Å². The highest BCUT2D eigenvalue weighted by Gasteiger charge is 2.22. The molecule has 1 atom stereocenters. The van der Waals surface area contributed by atoms with Crippen LogP contribution in [0.2, 0.25) is 0 Å². The number of nitrogens with one attached hydrogen (secondary N) is 1. The molecule has 21 heavy (non-hydrogen) atoms. The van der Waals surface area contributed by atoms with Crippen LogP contribution in [0.4, 0.5) is 4.39 Å². The molecule has 1 heterocycles. The highest BCUT2D eigenvalue weighted by atomic mass is 32.1. The van der Waals surface area contributed by atoms with E-state index in [1.54, 1.807) is 24.5 Å². The maximum Gasteiger partial charge on any atom is 0.163 e. The molecule has 1 unspecified atom stereocenters. The second kappa shape index (κ2) is 6.91. The largest absolute Gasteiger partial charge is 0.493 e. The van der Waals surface area contributed by atoms with Crippen LogP contribution < -0.4 is 14.8 Å². The summed E-state index contributed by atoms with van der Waals surface area (Å²) in [6, 6.07) is 4.97. The van der Waals surface area contributed by atoms with Crippen molar-refractivity contribution in [3.8, 4) is 11.5 Å². The molecule has 2 aromatic rings. The van der Waals surface area contributed by atoms with Crippen molar-refractivity contribution in [2.75, 3.05) is 21.3 Å². The normalized spacial score (nSPS) is 12.2. The van der Waals surface area contributed by atoms with E-state index in [9.17, 15) is 4.39 Å². The van der Waals surface area contributed by atoms with E-state index in [-0.39, 0.29) is 11.9 Å². The first-order valence-corrected chi connectivity index (χ1v) is 7.69. The van der Waals surface area contributed by atoms with Gasteiger partial charge in [0.1, 0.15) is 5.82 Å². The molecule has 0 amide bonds. The van der Waals surface area contributed by atoms with Crippen LogP contribution in [0.15, 0.2) is 23.6 Å². The first kappa shape index (κ1) is 15.8. The first-order chi connectivity index (χ1) is 10.2. The summed E-state index contributed by atoms with van der Waals surface area (Å²) in [6.07, 6.45) is 0.923. The molecule has 0 saturated heterocycles. The average Bonchev–Trinajstić information content (AvgIpc) is 2.97. The van der Waals surface area contributed by atoms with Crippen LogP contribution >= 0.6 is 11.3 Å². The molecule has 3 nitrogen and oxygen atoms in total.